The first kappa shape index (κ1) is 10.8. The van der Waals surface area contributed by atoms with Gasteiger partial charge in [-0.15, -0.1) is 0 Å². The van der Waals surface area contributed by atoms with Crippen LogP contribution >= 0.6 is 15.9 Å². The summed E-state index contributed by atoms with van der Waals surface area (Å²) in [5, 5.41) is 4.76. The lowest BCUT2D eigenvalue weighted by Crippen LogP contribution is -2.15. The molecular weight excluding hydrogens is 276 g/mol. The van der Waals surface area contributed by atoms with Crippen LogP contribution in [-0.4, -0.2) is 11.0 Å². The molecule has 1 heterocycles. The lowest BCUT2D eigenvalue weighted by atomic mass is 10.1. The van der Waals surface area contributed by atoms with Crippen LogP contribution in [0.25, 0.3) is 10.9 Å². The number of halogens is 1. The predicted molar refractivity (Wildman–Crippen MR) is 75.2 cm³/mol. The van der Waals surface area contributed by atoms with Crippen molar-refractivity contribution in [1.29, 1.82) is 0 Å². The number of hydrogen-bond acceptors (Lipinski definition) is 2. The zero-order valence-corrected chi connectivity index (χ0v) is 10.9. The van der Waals surface area contributed by atoms with E-state index in [-0.39, 0.29) is 0 Å². The summed E-state index contributed by atoms with van der Waals surface area (Å²) in [5.41, 5.74) is 2.20. The number of pyridine rings is 1. The maximum absolute atomic E-state index is 4.38. The number of nitrogens with one attached hydrogen (secondary N) is 1. The van der Waals surface area contributed by atoms with E-state index in [0.29, 0.717) is 6.04 Å². The fourth-order valence-electron chi connectivity index (χ4n) is 2.20. The summed E-state index contributed by atoms with van der Waals surface area (Å²) in [7, 11) is 0. The number of anilines is 1. The van der Waals surface area contributed by atoms with Gasteiger partial charge in [-0.3, -0.25) is 4.98 Å². The zero-order valence-electron chi connectivity index (χ0n) is 9.36. The number of benzene rings is 1. The van der Waals surface area contributed by atoms with Gasteiger partial charge >= 0.3 is 0 Å². The average Bonchev–Trinajstić information content (AvgIpc) is 2.83. The number of aromatic nitrogens is 1. The van der Waals surface area contributed by atoms with Gasteiger partial charge in [0.15, 0.2) is 0 Å². The molecule has 86 valence electrons. The molecule has 0 saturated heterocycles. The highest BCUT2D eigenvalue weighted by Gasteiger charge is 2.11. The van der Waals surface area contributed by atoms with Gasteiger partial charge in [0.25, 0.3) is 0 Å². The first-order valence-electron chi connectivity index (χ1n) is 5.79. The molecule has 3 heteroatoms. The van der Waals surface area contributed by atoms with E-state index in [2.05, 4.69) is 44.4 Å². The molecule has 2 nitrogen and oxygen atoms in total. The Morgan fingerprint density at radius 1 is 1.18 bits per heavy atom. The normalized spacial score (nSPS) is 15.6. The lowest BCUT2D eigenvalue weighted by molar-refractivity contribution is 0.788. The highest BCUT2D eigenvalue weighted by atomic mass is 79.9. The molecule has 0 bridgehead atoms. The van der Waals surface area contributed by atoms with Gasteiger partial charge in [-0.05, 0) is 37.1 Å². The molecular formula is C14H13BrN2. The van der Waals surface area contributed by atoms with Gasteiger partial charge < -0.3 is 5.32 Å². The second-order valence-electron chi connectivity index (χ2n) is 4.30. The minimum Gasteiger partial charge on any atom is -0.381 e. The highest BCUT2D eigenvalue weighted by molar-refractivity contribution is 9.10. The molecule has 0 unspecified atom stereocenters. The van der Waals surface area contributed by atoms with Crippen LogP contribution in [0.1, 0.15) is 12.8 Å². The summed E-state index contributed by atoms with van der Waals surface area (Å²) in [6.45, 7) is 0. The molecule has 1 aromatic heterocycles. The van der Waals surface area contributed by atoms with Crippen molar-refractivity contribution in [2.45, 2.75) is 18.9 Å². The van der Waals surface area contributed by atoms with Crippen LogP contribution in [0.15, 0.2) is 47.1 Å². The Hall–Kier alpha value is -1.35. The maximum Gasteiger partial charge on any atom is 0.0723 e. The van der Waals surface area contributed by atoms with Gasteiger partial charge in [-0.2, -0.15) is 0 Å². The summed E-state index contributed by atoms with van der Waals surface area (Å²) in [5.74, 6) is 0. The molecule has 3 rings (SSSR count). The van der Waals surface area contributed by atoms with Gasteiger partial charge in [0.1, 0.15) is 0 Å². The minimum absolute atomic E-state index is 0.527. The molecule has 0 fully saturated rings. The second-order valence-corrected chi connectivity index (χ2v) is 5.22. The predicted octanol–water partition coefficient (Wildman–Crippen LogP) is 4.13. The topological polar surface area (TPSA) is 24.9 Å². The Labute approximate surface area is 109 Å². The third-order valence-electron chi connectivity index (χ3n) is 3.07. The van der Waals surface area contributed by atoms with Gasteiger partial charge in [0, 0.05) is 27.8 Å². The molecule has 2 aromatic rings. The number of nitrogens with zero attached hydrogens (tertiary/aromatic N) is 1. The van der Waals surface area contributed by atoms with E-state index in [4.69, 9.17) is 0 Å². The van der Waals surface area contributed by atoms with E-state index in [0.717, 1.165) is 22.8 Å². The Morgan fingerprint density at radius 2 is 2.00 bits per heavy atom. The van der Waals surface area contributed by atoms with Crippen molar-refractivity contribution in [3.05, 3.63) is 47.1 Å². The van der Waals surface area contributed by atoms with Crippen molar-refractivity contribution in [2.24, 2.45) is 0 Å². The van der Waals surface area contributed by atoms with Crippen LogP contribution in [0.2, 0.25) is 0 Å². The van der Waals surface area contributed by atoms with Gasteiger partial charge in [-0.25, -0.2) is 0 Å². The summed E-state index contributed by atoms with van der Waals surface area (Å²) in [6, 6.07) is 8.76. The molecule has 1 aliphatic carbocycles. The minimum atomic E-state index is 0.527. The first-order chi connectivity index (χ1) is 8.33. The second kappa shape index (κ2) is 4.49. The van der Waals surface area contributed by atoms with Crippen LogP contribution in [-0.2, 0) is 0 Å². The van der Waals surface area contributed by atoms with E-state index >= 15 is 0 Å². The van der Waals surface area contributed by atoms with Crippen molar-refractivity contribution in [3.8, 4) is 0 Å². The lowest BCUT2D eigenvalue weighted by Gasteiger charge is -2.15. The molecule has 0 radical (unpaired) electrons. The summed E-state index contributed by atoms with van der Waals surface area (Å²) in [4.78, 5) is 4.38. The van der Waals surface area contributed by atoms with Crippen LogP contribution in [0.4, 0.5) is 5.69 Å². The van der Waals surface area contributed by atoms with E-state index in [1.165, 1.54) is 11.1 Å². The molecule has 0 saturated carbocycles. The SMILES string of the molecule is Brc1ccc2nccc(NC3CC=CC3)c2c1. The Balaban J connectivity index is 2.00. The molecule has 1 aliphatic rings. The molecule has 1 N–H and O–H groups in total. The summed E-state index contributed by atoms with van der Waals surface area (Å²) < 4.78 is 1.09. The van der Waals surface area contributed by atoms with Crippen molar-refractivity contribution in [2.75, 3.05) is 5.32 Å². The Kier molecular flexibility index (Phi) is 2.85. The fraction of sp³-hybridized carbons (Fsp3) is 0.214. The number of hydrogen-bond donors (Lipinski definition) is 1. The smallest absolute Gasteiger partial charge is 0.0723 e. The fourth-order valence-corrected chi connectivity index (χ4v) is 2.56. The van der Waals surface area contributed by atoms with Crippen molar-refractivity contribution < 1.29 is 0 Å². The zero-order chi connectivity index (χ0) is 11.7. The van der Waals surface area contributed by atoms with Crippen molar-refractivity contribution >= 4 is 32.5 Å². The van der Waals surface area contributed by atoms with E-state index in [1.807, 2.05) is 24.4 Å². The van der Waals surface area contributed by atoms with Crippen LogP contribution in [0.3, 0.4) is 0 Å². The summed E-state index contributed by atoms with van der Waals surface area (Å²) >= 11 is 3.51. The van der Waals surface area contributed by atoms with Crippen LogP contribution in [0, 0.1) is 0 Å². The Bertz CT molecular complexity index is 569. The van der Waals surface area contributed by atoms with E-state index in [9.17, 15) is 0 Å². The standard InChI is InChI=1S/C14H13BrN2/c15-10-5-6-13-12(9-10)14(7-8-16-13)17-11-3-1-2-4-11/h1-2,5-9,11H,3-4H2,(H,16,17). The van der Waals surface area contributed by atoms with Gasteiger partial charge in [0.2, 0.25) is 0 Å². The maximum atomic E-state index is 4.38. The first-order valence-corrected chi connectivity index (χ1v) is 6.58. The number of fused-ring (bicyclic) bond motifs is 1. The van der Waals surface area contributed by atoms with Crippen molar-refractivity contribution in [3.63, 3.8) is 0 Å². The summed E-state index contributed by atoms with van der Waals surface area (Å²) in [6.07, 6.45) is 8.55. The largest absolute Gasteiger partial charge is 0.381 e. The van der Waals surface area contributed by atoms with Gasteiger partial charge in [0.05, 0.1) is 5.52 Å². The van der Waals surface area contributed by atoms with Crippen LogP contribution < -0.4 is 5.32 Å². The highest BCUT2D eigenvalue weighted by Crippen LogP contribution is 2.27. The molecule has 17 heavy (non-hydrogen) atoms. The molecule has 0 atom stereocenters. The quantitative estimate of drug-likeness (QED) is 0.841. The molecule has 0 aliphatic heterocycles. The molecule has 1 aromatic carbocycles. The molecule has 0 spiro atoms. The number of rotatable bonds is 2. The Morgan fingerprint density at radius 3 is 2.82 bits per heavy atom. The van der Waals surface area contributed by atoms with Crippen molar-refractivity contribution in [1.82, 2.24) is 4.98 Å². The van der Waals surface area contributed by atoms with E-state index < -0.39 is 0 Å². The monoisotopic (exact) mass is 288 g/mol. The van der Waals surface area contributed by atoms with Crippen LogP contribution in [0.5, 0.6) is 0 Å². The average molecular weight is 289 g/mol. The van der Waals surface area contributed by atoms with Gasteiger partial charge in [-0.1, -0.05) is 28.1 Å². The van der Waals surface area contributed by atoms with E-state index in [1.54, 1.807) is 0 Å². The molecule has 0 amide bonds. The third-order valence-corrected chi connectivity index (χ3v) is 3.56. The third kappa shape index (κ3) is 2.20.